The lowest BCUT2D eigenvalue weighted by molar-refractivity contribution is -0.122. The maximum atomic E-state index is 12.5. The first-order chi connectivity index (χ1) is 16.0. The standard InChI is InChI=1S/C26H20BrNO4S/c1-3-12-28-25(29)23(33-26(28)30)15-17-13-21(27)24(22(14-17)31-4-2)32-16-19-10-7-9-18-8-5-6-11-20(18)19/h1,5-11,13-15H,4,12,16H2,2H3/b23-15+. The monoisotopic (exact) mass is 521 g/mol. The van der Waals surface area contributed by atoms with Crippen molar-refractivity contribution in [3.8, 4) is 23.8 Å². The molecule has 3 aromatic rings. The quantitative estimate of drug-likeness (QED) is 0.271. The lowest BCUT2D eigenvalue weighted by Gasteiger charge is -2.16. The molecule has 0 atom stereocenters. The van der Waals surface area contributed by atoms with Gasteiger partial charge in [-0.25, -0.2) is 0 Å². The molecule has 0 spiro atoms. The minimum absolute atomic E-state index is 0.0448. The fourth-order valence-electron chi connectivity index (χ4n) is 3.52. The Hall–Kier alpha value is -3.21. The van der Waals surface area contributed by atoms with Crippen molar-refractivity contribution in [3.63, 3.8) is 0 Å². The molecule has 1 saturated heterocycles. The third-order valence-electron chi connectivity index (χ3n) is 5.00. The van der Waals surface area contributed by atoms with Crippen LogP contribution in [0.15, 0.2) is 64.0 Å². The molecule has 33 heavy (non-hydrogen) atoms. The summed E-state index contributed by atoms with van der Waals surface area (Å²) in [5, 5.41) is 1.91. The smallest absolute Gasteiger partial charge is 0.294 e. The van der Waals surface area contributed by atoms with E-state index in [1.54, 1.807) is 12.1 Å². The van der Waals surface area contributed by atoms with Crippen LogP contribution in [0.1, 0.15) is 18.1 Å². The Balaban J connectivity index is 1.62. The Bertz CT molecular complexity index is 1310. The first-order valence-corrected chi connectivity index (χ1v) is 11.9. The summed E-state index contributed by atoms with van der Waals surface area (Å²) in [7, 11) is 0. The van der Waals surface area contributed by atoms with E-state index in [1.165, 1.54) is 0 Å². The highest BCUT2D eigenvalue weighted by atomic mass is 79.9. The number of amides is 2. The van der Waals surface area contributed by atoms with E-state index in [0.29, 0.717) is 39.7 Å². The molecule has 3 aromatic carbocycles. The normalized spacial score (nSPS) is 14.7. The Labute approximate surface area is 204 Å². The second kappa shape index (κ2) is 10.2. The van der Waals surface area contributed by atoms with Crippen molar-refractivity contribution in [2.75, 3.05) is 13.2 Å². The van der Waals surface area contributed by atoms with Crippen LogP contribution in [-0.2, 0) is 11.4 Å². The van der Waals surface area contributed by atoms with Crippen LogP contribution in [-0.4, -0.2) is 29.2 Å². The number of thioether (sulfide) groups is 1. The summed E-state index contributed by atoms with van der Waals surface area (Å²) in [4.78, 5) is 25.9. The molecule has 2 amide bonds. The number of rotatable bonds is 7. The minimum atomic E-state index is -0.395. The van der Waals surface area contributed by atoms with Gasteiger partial charge in [0.2, 0.25) is 0 Å². The molecule has 0 saturated carbocycles. The van der Waals surface area contributed by atoms with Crippen LogP contribution < -0.4 is 9.47 Å². The molecule has 7 heteroatoms. The fraction of sp³-hybridized carbons (Fsp3) is 0.154. The number of carbonyl (C=O) groups is 2. The second-order valence-corrected chi connectivity index (χ2v) is 9.01. The van der Waals surface area contributed by atoms with E-state index in [2.05, 4.69) is 40.0 Å². The van der Waals surface area contributed by atoms with Gasteiger partial charge < -0.3 is 9.47 Å². The van der Waals surface area contributed by atoms with Crippen LogP contribution in [0, 0.1) is 12.3 Å². The van der Waals surface area contributed by atoms with Gasteiger partial charge in [-0.05, 0) is 74.7 Å². The van der Waals surface area contributed by atoms with Gasteiger partial charge >= 0.3 is 0 Å². The third-order valence-corrected chi connectivity index (χ3v) is 6.50. The summed E-state index contributed by atoms with van der Waals surface area (Å²) in [6, 6.07) is 17.9. The van der Waals surface area contributed by atoms with Gasteiger partial charge in [0.05, 0.1) is 22.5 Å². The van der Waals surface area contributed by atoms with Crippen molar-refractivity contribution in [1.82, 2.24) is 4.90 Å². The predicted octanol–water partition coefficient (Wildman–Crippen LogP) is 6.25. The molecular formula is C26H20BrNO4S. The predicted molar refractivity (Wildman–Crippen MR) is 135 cm³/mol. The van der Waals surface area contributed by atoms with Crippen molar-refractivity contribution in [2.45, 2.75) is 13.5 Å². The number of ether oxygens (including phenoxy) is 2. The molecule has 0 radical (unpaired) electrons. The number of carbonyl (C=O) groups excluding carboxylic acids is 2. The molecule has 1 fully saturated rings. The number of hydrogen-bond acceptors (Lipinski definition) is 5. The van der Waals surface area contributed by atoms with Crippen LogP contribution in [0.3, 0.4) is 0 Å². The van der Waals surface area contributed by atoms with Crippen LogP contribution in [0.2, 0.25) is 0 Å². The average Bonchev–Trinajstić information content (AvgIpc) is 3.06. The van der Waals surface area contributed by atoms with Gasteiger partial charge in [-0.1, -0.05) is 48.4 Å². The van der Waals surface area contributed by atoms with Gasteiger partial charge in [0.25, 0.3) is 11.1 Å². The number of imide groups is 1. The number of fused-ring (bicyclic) bond motifs is 1. The molecule has 1 heterocycles. The van der Waals surface area contributed by atoms with Crippen LogP contribution >= 0.6 is 27.7 Å². The average molecular weight is 522 g/mol. The summed E-state index contributed by atoms with van der Waals surface area (Å²) in [5.41, 5.74) is 1.77. The van der Waals surface area contributed by atoms with Crippen molar-refractivity contribution >= 4 is 55.7 Å². The maximum Gasteiger partial charge on any atom is 0.294 e. The van der Waals surface area contributed by atoms with Crippen molar-refractivity contribution < 1.29 is 19.1 Å². The first kappa shape index (κ1) is 23.0. The van der Waals surface area contributed by atoms with Crippen molar-refractivity contribution in [1.29, 1.82) is 0 Å². The summed E-state index contributed by atoms with van der Waals surface area (Å²) in [6.07, 6.45) is 6.92. The molecule has 1 aliphatic rings. The Kier molecular flexibility index (Phi) is 7.07. The summed E-state index contributed by atoms with van der Waals surface area (Å²) < 4.78 is 12.7. The van der Waals surface area contributed by atoms with Gasteiger partial charge in [0.15, 0.2) is 11.5 Å². The van der Waals surface area contributed by atoms with Gasteiger partial charge in [-0.15, -0.1) is 6.42 Å². The van der Waals surface area contributed by atoms with E-state index in [9.17, 15) is 9.59 Å². The SMILES string of the molecule is C#CCN1C(=O)S/C(=C/c2cc(Br)c(OCc3cccc4ccccc34)c(OCC)c2)C1=O. The summed E-state index contributed by atoms with van der Waals surface area (Å²) in [5.74, 6) is 3.05. The molecule has 0 aliphatic carbocycles. The number of terminal acetylenes is 1. The molecule has 0 N–H and O–H groups in total. The van der Waals surface area contributed by atoms with E-state index in [4.69, 9.17) is 15.9 Å². The van der Waals surface area contributed by atoms with Gasteiger partial charge in [-0.2, -0.15) is 0 Å². The summed E-state index contributed by atoms with van der Waals surface area (Å²) in [6.45, 7) is 2.65. The molecule has 4 rings (SSSR count). The van der Waals surface area contributed by atoms with Gasteiger partial charge in [0.1, 0.15) is 6.61 Å². The molecule has 166 valence electrons. The molecule has 0 aromatic heterocycles. The summed E-state index contributed by atoms with van der Waals surface area (Å²) >= 11 is 4.44. The zero-order valence-corrected chi connectivity index (χ0v) is 20.2. The van der Waals surface area contributed by atoms with E-state index in [0.717, 1.165) is 33.0 Å². The number of benzene rings is 3. The zero-order chi connectivity index (χ0) is 23.4. The largest absolute Gasteiger partial charge is 0.490 e. The lowest BCUT2D eigenvalue weighted by Crippen LogP contribution is -2.28. The van der Waals surface area contributed by atoms with Crippen molar-refractivity contribution in [3.05, 3.63) is 75.1 Å². The number of nitrogens with zero attached hydrogens (tertiary/aromatic N) is 1. The number of hydrogen-bond donors (Lipinski definition) is 0. The van der Waals surface area contributed by atoms with E-state index < -0.39 is 5.91 Å². The van der Waals surface area contributed by atoms with Gasteiger partial charge in [0, 0.05) is 0 Å². The van der Waals surface area contributed by atoms with Crippen LogP contribution in [0.5, 0.6) is 11.5 Å². The van der Waals surface area contributed by atoms with E-state index >= 15 is 0 Å². The number of halogens is 1. The molecule has 0 unspecified atom stereocenters. The highest BCUT2D eigenvalue weighted by Crippen LogP contribution is 2.40. The third kappa shape index (κ3) is 4.92. The highest BCUT2D eigenvalue weighted by Gasteiger charge is 2.34. The molecular weight excluding hydrogens is 502 g/mol. The fourth-order valence-corrected chi connectivity index (χ4v) is 4.93. The van der Waals surface area contributed by atoms with Crippen LogP contribution in [0.4, 0.5) is 4.79 Å². The topological polar surface area (TPSA) is 55.8 Å². The molecule has 5 nitrogen and oxygen atoms in total. The van der Waals surface area contributed by atoms with E-state index in [-0.39, 0.29) is 11.8 Å². The first-order valence-electron chi connectivity index (χ1n) is 10.3. The Morgan fingerprint density at radius 3 is 2.70 bits per heavy atom. The maximum absolute atomic E-state index is 12.5. The lowest BCUT2D eigenvalue weighted by atomic mass is 10.1. The molecule has 0 bridgehead atoms. The molecule has 1 aliphatic heterocycles. The van der Waals surface area contributed by atoms with Gasteiger partial charge in [-0.3, -0.25) is 14.5 Å². The highest BCUT2D eigenvalue weighted by molar-refractivity contribution is 9.10. The van der Waals surface area contributed by atoms with E-state index in [1.807, 2.05) is 37.3 Å². The van der Waals surface area contributed by atoms with Crippen molar-refractivity contribution in [2.24, 2.45) is 0 Å². The zero-order valence-electron chi connectivity index (χ0n) is 17.8. The second-order valence-electron chi connectivity index (χ2n) is 7.16. The van der Waals surface area contributed by atoms with Crippen LogP contribution in [0.25, 0.3) is 16.8 Å². The Morgan fingerprint density at radius 1 is 1.12 bits per heavy atom. The Morgan fingerprint density at radius 2 is 1.91 bits per heavy atom. The minimum Gasteiger partial charge on any atom is -0.490 e.